The molecule has 3 rings (SSSR count). The van der Waals surface area contributed by atoms with E-state index in [-0.39, 0.29) is 0 Å². The lowest BCUT2D eigenvalue weighted by Gasteiger charge is -2.04. The van der Waals surface area contributed by atoms with Gasteiger partial charge in [-0.25, -0.2) is 4.98 Å². The zero-order chi connectivity index (χ0) is 13.2. The molecule has 3 aromatic rings. The Hall–Kier alpha value is -1.79. The Balaban J connectivity index is 2.02. The number of benzene rings is 1. The predicted octanol–water partition coefficient (Wildman–Crippen LogP) is 3.42. The van der Waals surface area contributed by atoms with Crippen LogP contribution >= 0.6 is 23.6 Å². The highest BCUT2D eigenvalue weighted by Gasteiger charge is 2.10. The molecule has 1 N–H and O–H groups in total. The van der Waals surface area contributed by atoms with Crippen molar-refractivity contribution in [3.63, 3.8) is 0 Å². The second-order valence-electron chi connectivity index (χ2n) is 4.16. The molecular formula is C13H12N4S2. The average Bonchev–Trinajstić information content (AvgIpc) is 2.99. The normalized spacial score (nSPS) is 10.8. The van der Waals surface area contributed by atoms with E-state index >= 15 is 0 Å². The van der Waals surface area contributed by atoms with Gasteiger partial charge in [0.15, 0.2) is 10.6 Å². The standard InChI is InChI=1S/C13H12N4S2/c1-9-14-11(8-19-9)7-17-12(15-16-13(17)18)10-5-3-2-4-6-10/h2-6,8H,7H2,1H3,(H,16,18). The SMILES string of the molecule is Cc1nc(Cn2c(-c3ccccc3)n[nH]c2=S)cs1. The third-order valence-electron chi connectivity index (χ3n) is 2.78. The number of aryl methyl sites for hydroxylation is 1. The maximum absolute atomic E-state index is 5.30. The van der Waals surface area contributed by atoms with Crippen LogP contribution in [0.25, 0.3) is 11.4 Å². The van der Waals surface area contributed by atoms with Crippen molar-refractivity contribution in [2.45, 2.75) is 13.5 Å². The van der Waals surface area contributed by atoms with Gasteiger partial charge in [0.05, 0.1) is 17.2 Å². The van der Waals surface area contributed by atoms with Crippen molar-refractivity contribution in [1.82, 2.24) is 19.7 Å². The molecule has 4 nitrogen and oxygen atoms in total. The van der Waals surface area contributed by atoms with Gasteiger partial charge < -0.3 is 0 Å². The molecule has 1 aromatic carbocycles. The van der Waals surface area contributed by atoms with Crippen molar-refractivity contribution < 1.29 is 0 Å². The Morgan fingerprint density at radius 1 is 1.32 bits per heavy atom. The quantitative estimate of drug-likeness (QED) is 0.751. The lowest BCUT2D eigenvalue weighted by molar-refractivity contribution is 0.770. The van der Waals surface area contributed by atoms with Gasteiger partial charge in [-0.2, -0.15) is 5.10 Å². The summed E-state index contributed by atoms with van der Waals surface area (Å²) in [5.41, 5.74) is 2.05. The minimum absolute atomic E-state index is 0.615. The summed E-state index contributed by atoms with van der Waals surface area (Å²) in [6.07, 6.45) is 0. The summed E-state index contributed by atoms with van der Waals surface area (Å²) in [6.45, 7) is 2.64. The Morgan fingerprint density at radius 2 is 2.11 bits per heavy atom. The molecule has 2 aromatic heterocycles. The number of nitrogens with one attached hydrogen (secondary N) is 1. The first-order chi connectivity index (χ1) is 9.24. The highest BCUT2D eigenvalue weighted by molar-refractivity contribution is 7.71. The van der Waals surface area contributed by atoms with E-state index in [1.54, 1.807) is 11.3 Å². The van der Waals surface area contributed by atoms with Gasteiger partial charge in [0.2, 0.25) is 0 Å². The number of rotatable bonds is 3. The fourth-order valence-corrected chi connectivity index (χ4v) is 2.72. The van der Waals surface area contributed by atoms with Crippen LogP contribution in [0.3, 0.4) is 0 Å². The summed E-state index contributed by atoms with van der Waals surface area (Å²) in [7, 11) is 0. The first-order valence-electron chi connectivity index (χ1n) is 5.85. The van der Waals surface area contributed by atoms with Crippen molar-refractivity contribution in [2.24, 2.45) is 0 Å². The van der Waals surface area contributed by atoms with Crippen molar-refractivity contribution in [3.8, 4) is 11.4 Å². The highest BCUT2D eigenvalue weighted by atomic mass is 32.1. The second-order valence-corrected chi connectivity index (χ2v) is 5.61. The Morgan fingerprint density at radius 3 is 2.79 bits per heavy atom. The van der Waals surface area contributed by atoms with E-state index in [0.29, 0.717) is 11.3 Å². The molecule has 0 radical (unpaired) electrons. The van der Waals surface area contributed by atoms with Crippen molar-refractivity contribution in [3.05, 3.63) is 51.2 Å². The van der Waals surface area contributed by atoms with Crippen LogP contribution in [-0.4, -0.2) is 19.7 Å². The molecule has 19 heavy (non-hydrogen) atoms. The van der Waals surface area contributed by atoms with Gasteiger partial charge in [0.1, 0.15) is 0 Å². The lowest BCUT2D eigenvalue weighted by Crippen LogP contribution is -2.02. The van der Waals surface area contributed by atoms with Crippen LogP contribution in [0.1, 0.15) is 10.7 Å². The fraction of sp³-hybridized carbons (Fsp3) is 0.154. The van der Waals surface area contributed by atoms with Crippen molar-refractivity contribution in [2.75, 3.05) is 0 Å². The molecule has 0 aliphatic carbocycles. The number of aromatic amines is 1. The van der Waals surface area contributed by atoms with Gasteiger partial charge in [0, 0.05) is 10.9 Å². The summed E-state index contributed by atoms with van der Waals surface area (Å²) in [6, 6.07) is 10.0. The van der Waals surface area contributed by atoms with E-state index in [9.17, 15) is 0 Å². The van der Waals surface area contributed by atoms with Crippen LogP contribution in [0.5, 0.6) is 0 Å². The average molecular weight is 288 g/mol. The van der Waals surface area contributed by atoms with E-state index in [0.717, 1.165) is 22.1 Å². The minimum Gasteiger partial charge on any atom is -0.294 e. The topological polar surface area (TPSA) is 46.5 Å². The molecule has 0 amide bonds. The number of aromatic nitrogens is 4. The lowest BCUT2D eigenvalue weighted by atomic mass is 10.2. The minimum atomic E-state index is 0.615. The molecule has 96 valence electrons. The Labute approximate surface area is 119 Å². The van der Waals surface area contributed by atoms with Gasteiger partial charge in [-0.15, -0.1) is 11.3 Å². The fourth-order valence-electron chi connectivity index (χ4n) is 1.91. The van der Waals surface area contributed by atoms with E-state index in [1.165, 1.54) is 0 Å². The molecule has 0 aliphatic rings. The molecule has 0 bridgehead atoms. The smallest absolute Gasteiger partial charge is 0.195 e. The zero-order valence-corrected chi connectivity index (χ0v) is 12.0. The number of thiazole rings is 1. The van der Waals surface area contributed by atoms with Gasteiger partial charge >= 0.3 is 0 Å². The monoisotopic (exact) mass is 288 g/mol. The summed E-state index contributed by atoms with van der Waals surface area (Å²) < 4.78 is 2.59. The predicted molar refractivity (Wildman–Crippen MR) is 78.8 cm³/mol. The largest absolute Gasteiger partial charge is 0.294 e. The molecule has 2 heterocycles. The van der Waals surface area contributed by atoms with Crippen LogP contribution in [0.15, 0.2) is 35.7 Å². The second kappa shape index (κ2) is 5.07. The molecule has 0 saturated heterocycles. The third kappa shape index (κ3) is 2.50. The number of H-pyrrole nitrogens is 1. The number of hydrogen-bond acceptors (Lipinski definition) is 4. The van der Waals surface area contributed by atoms with Crippen LogP contribution in [0, 0.1) is 11.7 Å². The number of hydrogen-bond donors (Lipinski definition) is 1. The highest BCUT2D eigenvalue weighted by Crippen LogP contribution is 2.18. The third-order valence-corrected chi connectivity index (χ3v) is 3.91. The van der Waals surface area contributed by atoms with Crippen LogP contribution in [-0.2, 0) is 6.54 Å². The van der Waals surface area contributed by atoms with E-state index in [1.807, 2.05) is 41.8 Å². The summed E-state index contributed by atoms with van der Waals surface area (Å²) >= 11 is 6.94. The molecule has 0 aliphatic heterocycles. The van der Waals surface area contributed by atoms with Crippen LogP contribution < -0.4 is 0 Å². The Bertz CT molecular complexity index is 739. The molecule has 0 unspecified atom stereocenters. The maximum Gasteiger partial charge on any atom is 0.195 e. The summed E-state index contributed by atoms with van der Waals surface area (Å²) in [5, 5.41) is 10.3. The number of nitrogens with zero attached hydrogens (tertiary/aromatic N) is 3. The molecule has 0 atom stereocenters. The molecule has 6 heteroatoms. The van der Waals surface area contributed by atoms with E-state index in [2.05, 4.69) is 20.6 Å². The van der Waals surface area contributed by atoms with Gasteiger partial charge in [-0.3, -0.25) is 9.67 Å². The Kier molecular flexibility index (Phi) is 3.27. The van der Waals surface area contributed by atoms with Gasteiger partial charge in [0.25, 0.3) is 0 Å². The van der Waals surface area contributed by atoms with Crippen molar-refractivity contribution in [1.29, 1.82) is 0 Å². The van der Waals surface area contributed by atoms with Crippen molar-refractivity contribution >= 4 is 23.6 Å². The van der Waals surface area contributed by atoms with Crippen LogP contribution in [0.4, 0.5) is 0 Å². The molecule has 0 spiro atoms. The molecular weight excluding hydrogens is 276 g/mol. The summed E-state index contributed by atoms with van der Waals surface area (Å²) in [4.78, 5) is 4.47. The van der Waals surface area contributed by atoms with Gasteiger partial charge in [-0.1, -0.05) is 30.3 Å². The first-order valence-corrected chi connectivity index (χ1v) is 7.14. The van der Waals surface area contributed by atoms with Gasteiger partial charge in [-0.05, 0) is 19.1 Å². The zero-order valence-electron chi connectivity index (χ0n) is 10.3. The van der Waals surface area contributed by atoms with E-state index in [4.69, 9.17) is 12.2 Å². The van der Waals surface area contributed by atoms with Crippen LogP contribution in [0.2, 0.25) is 0 Å². The van der Waals surface area contributed by atoms with E-state index < -0.39 is 0 Å². The molecule has 0 saturated carbocycles. The maximum atomic E-state index is 5.30. The summed E-state index contributed by atoms with van der Waals surface area (Å²) in [5.74, 6) is 0.844. The molecule has 0 fully saturated rings. The first kappa shape index (κ1) is 12.3.